The molecule has 0 heterocycles. The molecule has 2 aromatic rings. The van der Waals surface area contributed by atoms with Crippen LogP contribution >= 0.6 is 0 Å². The Kier molecular flexibility index (Phi) is 2.76. The summed E-state index contributed by atoms with van der Waals surface area (Å²) in [5.74, 6) is 1.04. The highest BCUT2D eigenvalue weighted by molar-refractivity contribution is 5.91. The van der Waals surface area contributed by atoms with E-state index in [2.05, 4.69) is 37.3 Å². The van der Waals surface area contributed by atoms with Crippen LogP contribution in [-0.4, -0.2) is 6.61 Å². The first-order chi connectivity index (χ1) is 8.38. The van der Waals surface area contributed by atoms with Gasteiger partial charge in [0.25, 0.3) is 0 Å². The van der Waals surface area contributed by atoms with Gasteiger partial charge in [-0.05, 0) is 53.3 Å². The van der Waals surface area contributed by atoms with Crippen LogP contribution in [0.25, 0.3) is 10.8 Å². The lowest BCUT2D eigenvalue weighted by molar-refractivity contribution is 0.309. The van der Waals surface area contributed by atoms with E-state index in [0.29, 0.717) is 0 Å². The Balaban J connectivity index is 1.97. The summed E-state index contributed by atoms with van der Waals surface area (Å²) in [4.78, 5) is 0. The fourth-order valence-electron chi connectivity index (χ4n) is 2.66. The monoisotopic (exact) mass is 226 g/mol. The SMILES string of the molecule is CCCCOc1cc2c3c(cccc3c1)CC2. The third-order valence-corrected chi connectivity index (χ3v) is 3.55. The minimum Gasteiger partial charge on any atom is -0.494 e. The van der Waals surface area contributed by atoms with Crippen molar-refractivity contribution in [3.05, 3.63) is 41.5 Å². The molecule has 1 aliphatic carbocycles. The summed E-state index contributed by atoms with van der Waals surface area (Å²) in [6, 6.07) is 11.0. The van der Waals surface area contributed by atoms with Crippen LogP contribution in [0.5, 0.6) is 5.75 Å². The molecule has 0 N–H and O–H groups in total. The molecule has 1 aliphatic rings. The molecule has 1 nitrogen and oxygen atoms in total. The molecule has 2 aromatic carbocycles. The normalized spacial score (nSPS) is 13.2. The summed E-state index contributed by atoms with van der Waals surface area (Å²) in [6.07, 6.45) is 4.67. The van der Waals surface area contributed by atoms with Gasteiger partial charge in [0.15, 0.2) is 0 Å². The summed E-state index contributed by atoms with van der Waals surface area (Å²) in [7, 11) is 0. The summed E-state index contributed by atoms with van der Waals surface area (Å²) in [5.41, 5.74) is 2.96. The largest absolute Gasteiger partial charge is 0.494 e. The molecule has 0 aromatic heterocycles. The first-order valence-corrected chi connectivity index (χ1v) is 6.56. The number of rotatable bonds is 4. The fourth-order valence-corrected chi connectivity index (χ4v) is 2.66. The van der Waals surface area contributed by atoms with Crippen molar-refractivity contribution in [3.8, 4) is 5.75 Å². The first-order valence-electron chi connectivity index (χ1n) is 6.56. The number of aryl methyl sites for hydroxylation is 2. The molecule has 0 radical (unpaired) electrons. The molecule has 0 fully saturated rings. The number of hydrogen-bond acceptors (Lipinski definition) is 1. The summed E-state index contributed by atoms with van der Waals surface area (Å²) in [6.45, 7) is 3.02. The van der Waals surface area contributed by atoms with Gasteiger partial charge in [0, 0.05) is 0 Å². The molecule has 0 saturated carbocycles. The molecule has 0 bridgehead atoms. The summed E-state index contributed by atoms with van der Waals surface area (Å²) in [5, 5.41) is 2.80. The van der Waals surface area contributed by atoms with Crippen molar-refractivity contribution in [2.45, 2.75) is 32.6 Å². The minimum absolute atomic E-state index is 0.834. The Morgan fingerprint density at radius 1 is 1.12 bits per heavy atom. The highest BCUT2D eigenvalue weighted by Gasteiger charge is 2.14. The van der Waals surface area contributed by atoms with Crippen molar-refractivity contribution >= 4 is 10.8 Å². The third kappa shape index (κ3) is 1.90. The smallest absolute Gasteiger partial charge is 0.120 e. The van der Waals surface area contributed by atoms with Crippen LogP contribution in [0, 0.1) is 0 Å². The van der Waals surface area contributed by atoms with Crippen LogP contribution in [0.3, 0.4) is 0 Å². The summed E-state index contributed by atoms with van der Waals surface area (Å²) >= 11 is 0. The zero-order valence-electron chi connectivity index (χ0n) is 10.3. The maximum Gasteiger partial charge on any atom is 0.120 e. The molecule has 0 amide bonds. The summed E-state index contributed by atoms with van der Waals surface area (Å²) < 4.78 is 5.82. The van der Waals surface area contributed by atoms with E-state index >= 15 is 0 Å². The van der Waals surface area contributed by atoms with Gasteiger partial charge in [-0.2, -0.15) is 0 Å². The van der Waals surface area contributed by atoms with Crippen LogP contribution in [0.1, 0.15) is 30.9 Å². The second kappa shape index (κ2) is 4.40. The Bertz CT molecular complexity index is 542. The van der Waals surface area contributed by atoms with E-state index < -0.39 is 0 Å². The molecule has 0 spiro atoms. The van der Waals surface area contributed by atoms with Gasteiger partial charge in [-0.1, -0.05) is 31.5 Å². The van der Waals surface area contributed by atoms with E-state index in [0.717, 1.165) is 18.8 Å². The predicted octanol–water partition coefficient (Wildman–Crippen LogP) is 4.12. The second-order valence-electron chi connectivity index (χ2n) is 4.80. The molecule has 17 heavy (non-hydrogen) atoms. The van der Waals surface area contributed by atoms with E-state index in [4.69, 9.17) is 4.74 Å². The van der Waals surface area contributed by atoms with Crippen molar-refractivity contribution in [2.75, 3.05) is 6.61 Å². The highest BCUT2D eigenvalue weighted by Crippen LogP contribution is 2.34. The van der Waals surface area contributed by atoms with Gasteiger partial charge >= 0.3 is 0 Å². The number of ether oxygens (including phenoxy) is 1. The van der Waals surface area contributed by atoms with Crippen LogP contribution in [0.2, 0.25) is 0 Å². The quantitative estimate of drug-likeness (QED) is 0.713. The lowest BCUT2D eigenvalue weighted by Gasteiger charge is -2.08. The Hall–Kier alpha value is -1.50. The number of benzene rings is 2. The number of unbranched alkanes of at least 4 members (excludes halogenated alkanes) is 1. The predicted molar refractivity (Wildman–Crippen MR) is 71.8 cm³/mol. The average molecular weight is 226 g/mol. The van der Waals surface area contributed by atoms with Gasteiger partial charge in [-0.3, -0.25) is 0 Å². The van der Waals surface area contributed by atoms with E-state index in [1.54, 1.807) is 0 Å². The molecule has 0 saturated heterocycles. The van der Waals surface area contributed by atoms with Gasteiger partial charge in [0.1, 0.15) is 5.75 Å². The van der Waals surface area contributed by atoms with Gasteiger partial charge < -0.3 is 4.74 Å². The Morgan fingerprint density at radius 3 is 2.88 bits per heavy atom. The van der Waals surface area contributed by atoms with E-state index in [-0.39, 0.29) is 0 Å². The van der Waals surface area contributed by atoms with Gasteiger partial charge in [0.05, 0.1) is 6.61 Å². The van der Waals surface area contributed by atoms with Crippen LogP contribution in [0.4, 0.5) is 0 Å². The van der Waals surface area contributed by atoms with Gasteiger partial charge in [-0.25, -0.2) is 0 Å². The van der Waals surface area contributed by atoms with E-state index in [1.807, 2.05) is 0 Å². The van der Waals surface area contributed by atoms with Crippen LogP contribution < -0.4 is 4.74 Å². The Morgan fingerprint density at radius 2 is 2.00 bits per heavy atom. The minimum atomic E-state index is 0.834. The van der Waals surface area contributed by atoms with Crippen molar-refractivity contribution in [2.24, 2.45) is 0 Å². The van der Waals surface area contributed by atoms with Crippen molar-refractivity contribution in [3.63, 3.8) is 0 Å². The standard InChI is InChI=1S/C16H18O/c1-2-3-9-17-15-10-13-6-4-5-12-7-8-14(11-15)16(12)13/h4-6,10-11H,2-3,7-9H2,1H3. The maximum atomic E-state index is 5.82. The lowest BCUT2D eigenvalue weighted by Crippen LogP contribution is -1.96. The molecule has 3 rings (SSSR count). The topological polar surface area (TPSA) is 9.23 Å². The van der Waals surface area contributed by atoms with E-state index in [1.165, 1.54) is 41.2 Å². The highest BCUT2D eigenvalue weighted by atomic mass is 16.5. The average Bonchev–Trinajstić information content (AvgIpc) is 2.75. The molecule has 0 aliphatic heterocycles. The van der Waals surface area contributed by atoms with Crippen molar-refractivity contribution in [1.82, 2.24) is 0 Å². The maximum absolute atomic E-state index is 5.82. The Labute approximate surface area is 102 Å². The van der Waals surface area contributed by atoms with Gasteiger partial charge in [-0.15, -0.1) is 0 Å². The number of hydrogen-bond donors (Lipinski definition) is 0. The lowest BCUT2D eigenvalue weighted by atomic mass is 10.0. The van der Waals surface area contributed by atoms with E-state index in [9.17, 15) is 0 Å². The van der Waals surface area contributed by atoms with Crippen molar-refractivity contribution < 1.29 is 4.74 Å². The van der Waals surface area contributed by atoms with Crippen LogP contribution in [0.15, 0.2) is 30.3 Å². The molecule has 0 atom stereocenters. The van der Waals surface area contributed by atoms with Gasteiger partial charge in [0.2, 0.25) is 0 Å². The fraction of sp³-hybridized carbons (Fsp3) is 0.375. The molecule has 88 valence electrons. The molecule has 0 unspecified atom stereocenters. The molecular formula is C16H18O. The third-order valence-electron chi connectivity index (χ3n) is 3.55. The second-order valence-corrected chi connectivity index (χ2v) is 4.80. The first kappa shape index (κ1) is 10.6. The van der Waals surface area contributed by atoms with Crippen LogP contribution in [-0.2, 0) is 12.8 Å². The zero-order valence-corrected chi connectivity index (χ0v) is 10.3. The van der Waals surface area contributed by atoms with Crippen molar-refractivity contribution in [1.29, 1.82) is 0 Å². The zero-order chi connectivity index (χ0) is 11.7. The molecule has 1 heteroatoms. The molecular weight excluding hydrogens is 208 g/mol.